The van der Waals surface area contributed by atoms with Crippen LogP contribution in [0.5, 0.6) is 0 Å². The number of nitrogens with zero attached hydrogens (tertiary/aromatic N) is 5. The van der Waals surface area contributed by atoms with Crippen LogP contribution in [0.25, 0.3) is 10.9 Å². The van der Waals surface area contributed by atoms with Crippen LogP contribution in [0.2, 0.25) is 0 Å². The third-order valence-corrected chi connectivity index (χ3v) is 7.96. The summed E-state index contributed by atoms with van der Waals surface area (Å²) in [6.07, 6.45) is 4.12. The molecule has 0 spiro atoms. The lowest BCUT2D eigenvalue weighted by Crippen LogP contribution is -2.33. The average Bonchev–Trinajstić information content (AvgIpc) is 3.65. The van der Waals surface area contributed by atoms with Gasteiger partial charge in [0.15, 0.2) is 5.82 Å². The van der Waals surface area contributed by atoms with E-state index in [0.717, 1.165) is 72.3 Å². The smallest absolute Gasteiger partial charge is 0.252 e. The summed E-state index contributed by atoms with van der Waals surface area (Å²) in [6, 6.07) is 10.4. The minimum absolute atomic E-state index is 0.0257. The van der Waals surface area contributed by atoms with E-state index in [1.54, 1.807) is 11.3 Å². The van der Waals surface area contributed by atoms with Gasteiger partial charge in [0.25, 0.3) is 5.56 Å². The van der Waals surface area contributed by atoms with Crippen LogP contribution in [-0.4, -0.2) is 42.8 Å². The van der Waals surface area contributed by atoms with Gasteiger partial charge in [-0.1, -0.05) is 31.5 Å². The summed E-state index contributed by atoms with van der Waals surface area (Å²) >= 11 is 1.73. The summed E-state index contributed by atoms with van der Waals surface area (Å²) < 4.78 is 7.78. The number of fused-ring (bicyclic) bond motifs is 1. The maximum absolute atomic E-state index is 13.3. The highest BCUT2D eigenvalue weighted by atomic mass is 32.1. The van der Waals surface area contributed by atoms with Crippen molar-refractivity contribution >= 4 is 22.2 Å². The van der Waals surface area contributed by atoms with Crippen molar-refractivity contribution in [3.05, 3.63) is 73.5 Å². The number of aromatic amines is 1. The van der Waals surface area contributed by atoms with E-state index >= 15 is 0 Å². The molecule has 1 fully saturated rings. The van der Waals surface area contributed by atoms with E-state index in [4.69, 9.17) is 4.74 Å². The molecular weight excluding hydrogens is 472 g/mol. The molecule has 0 aliphatic carbocycles. The van der Waals surface area contributed by atoms with E-state index in [-0.39, 0.29) is 17.7 Å². The highest BCUT2D eigenvalue weighted by Gasteiger charge is 2.28. The lowest BCUT2D eigenvalue weighted by molar-refractivity contribution is 0.0885. The molecule has 4 aromatic rings. The Labute approximate surface area is 215 Å². The maximum Gasteiger partial charge on any atom is 0.252 e. The van der Waals surface area contributed by atoms with E-state index in [2.05, 4.69) is 75.0 Å². The Morgan fingerprint density at radius 1 is 1.25 bits per heavy atom. The zero-order valence-electron chi connectivity index (χ0n) is 21.2. The Morgan fingerprint density at radius 3 is 2.86 bits per heavy atom. The number of tetrazole rings is 1. The fraction of sp³-hybridized carbons (Fsp3) is 0.481. The Balaban J connectivity index is 1.52. The third kappa shape index (κ3) is 5.28. The predicted octanol–water partition coefficient (Wildman–Crippen LogP) is 4.92. The van der Waals surface area contributed by atoms with E-state index in [1.807, 2.05) is 11.6 Å². The molecule has 190 valence electrons. The molecule has 8 nitrogen and oxygen atoms in total. The van der Waals surface area contributed by atoms with Gasteiger partial charge < -0.3 is 9.72 Å². The van der Waals surface area contributed by atoms with Gasteiger partial charge in [-0.05, 0) is 72.2 Å². The van der Waals surface area contributed by atoms with Gasteiger partial charge in [0.2, 0.25) is 0 Å². The fourth-order valence-electron chi connectivity index (χ4n) is 5.14. The van der Waals surface area contributed by atoms with Crippen molar-refractivity contribution < 1.29 is 4.74 Å². The number of rotatable bonds is 10. The predicted molar refractivity (Wildman–Crippen MR) is 142 cm³/mol. The second-order valence-electron chi connectivity index (χ2n) is 9.75. The SMILES string of the molecule is CCC[C@@H](c1nnnn1C[C@H]1CCCO1)N(Cc1cccs1)Cc1cc2c(C)ccc(C)c2[nH]c1=O. The first-order chi connectivity index (χ1) is 17.5. The average molecular weight is 507 g/mol. The van der Waals surface area contributed by atoms with Gasteiger partial charge in [0.1, 0.15) is 0 Å². The van der Waals surface area contributed by atoms with Crippen LogP contribution in [0, 0.1) is 13.8 Å². The van der Waals surface area contributed by atoms with Gasteiger partial charge in [-0.2, -0.15) is 0 Å². The molecule has 0 unspecified atom stereocenters. The van der Waals surface area contributed by atoms with Gasteiger partial charge in [-0.15, -0.1) is 16.4 Å². The van der Waals surface area contributed by atoms with Crippen LogP contribution in [0.1, 0.15) is 66.0 Å². The van der Waals surface area contributed by atoms with Crippen LogP contribution in [0.15, 0.2) is 40.5 Å². The summed E-state index contributed by atoms with van der Waals surface area (Å²) in [5.41, 5.74) is 3.86. The van der Waals surface area contributed by atoms with Crippen LogP contribution >= 0.6 is 11.3 Å². The van der Waals surface area contributed by atoms with E-state index < -0.39 is 0 Å². The van der Waals surface area contributed by atoms with Crippen molar-refractivity contribution in [3.8, 4) is 0 Å². The maximum atomic E-state index is 13.3. The number of hydrogen-bond donors (Lipinski definition) is 1. The topological polar surface area (TPSA) is 88.9 Å². The minimum atomic E-state index is -0.0402. The summed E-state index contributed by atoms with van der Waals surface area (Å²) in [5.74, 6) is 0.841. The Hall–Kier alpha value is -2.88. The van der Waals surface area contributed by atoms with E-state index in [9.17, 15) is 4.79 Å². The molecule has 0 saturated carbocycles. The van der Waals surface area contributed by atoms with Gasteiger partial charge in [0.05, 0.1) is 24.2 Å². The number of aryl methyl sites for hydroxylation is 2. The van der Waals surface area contributed by atoms with Crippen molar-refractivity contribution in [2.75, 3.05) is 6.61 Å². The normalized spacial score (nSPS) is 16.8. The first-order valence-corrected chi connectivity index (χ1v) is 13.7. The Morgan fingerprint density at radius 2 is 2.11 bits per heavy atom. The zero-order valence-corrected chi connectivity index (χ0v) is 22.1. The van der Waals surface area contributed by atoms with Crippen molar-refractivity contribution in [1.82, 2.24) is 30.1 Å². The zero-order chi connectivity index (χ0) is 25.1. The highest BCUT2D eigenvalue weighted by molar-refractivity contribution is 7.09. The van der Waals surface area contributed by atoms with Gasteiger partial charge in [-0.25, -0.2) is 4.68 Å². The van der Waals surface area contributed by atoms with Gasteiger partial charge in [-0.3, -0.25) is 9.69 Å². The van der Waals surface area contributed by atoms with E-state index in [1.165, 1.54) is 4.88 Å². The summed E-state index contributed by atoms with van der Waals surface area (Å²) in [5, 5.41) is 16.1. The van der Waals surface area contributed by atoms with Crippen molar-refractivity contribution in [2.45, 2.75) is 78.2 Å². The molecule has 1 saturated heterocycles. The Bertz CT molecular complexity index is 1360. The monoisotopic (exact) mass is 506 g/mol. The number of pyridine rings is 1. The molecule has 1 aliphatic heterocycles. The molecule has 5 rings (SSSR count). The second kappa shape index (κ2) is 11.0. The largest absolute Gasteiger partial charge is 0.376 e. The summed E-state index contributed by atoms with van der Waals surface area (Å²) in [7, 11) is 0. The lowest BCUT2D eigenvalue weighted by atomic mass is 10.0. The van der Waals surface area contributed by atoms with Gasteiger partial charge in [0, 0.05) is 35.5 Å². The van der Waals surface area contributed by atoms with Gasteiger partial charge >= 0.3 is 0 Å². The number of aromatic nitrogens is 5. The van der Waals surface area contributed by atoms with Crippen molar-refractivity contribution in [2.24, 2.45) is 0 Å². The standard InChI is InChI=1S/C27H34N6O2S/c1-4-7-24(26-29-30-31-33(26)16-21-8-5-12-35-21)32(17-22-9-6-13-36-22)15-20-14-23-18(2)10-11-19(3)25(23)28-27(20)34/h6,9-11,13-14,21,24H,4-5,7-8,12,15-17H2,1-3H3,(H,28,34)/t21-,24+/m1/s1. The summed E-state index contributed by atoms with van der Waals surface area (Å²) in [6.45, 7) is 8.99. The lowest BCUT2D eigenvalue weighted by Gasteiger charge is -2.30. The molecule has 0 amide bonds. The van der Waals surface area contributed by atoms with Crippen molar-refractivity contribution in [3.63, 3.8) is 0 Å². The molecule has 36 heavy (non-hydrogen) atoms. The van der Waals surface area contributed by atoms with Crippen LogP contribution in [0.3, 0.4) is 0 Å². The molecule has 3 aromatic heterocycles. The molecule has 4 heterocycles. The molecule has 0 radical (unpaired) electrons. The summed E-state index contributed by atoms with van der Waals surface area (Å²) in [4.78, 5) is 20.0. The molecule has 2 atom stereocenters. The minimum Gasteiger partial charge on any atom is -0.376 e. The molecule has 1 aliphatic rings. The molecular formula is C27H34N6O2S. The third-order valence-electron chi connectivity index (χ3n) is 7.09. The van der Waals surface area contributed by atoms with Crippen molar-refractivity contribution in [1.29, 1.82) is 0 Å². The highest BCUT2D eigenvalue weighted by Crippen LogP contribution is 2.30. The molecule has 0 bridgehead atoms. The quantitative estimate of drug-likeness (QED) is 0.329. The number of thiophene rings is 1. The number of H-pyrrole nitrogens is 1. The number of ether oxygens (including phenoxy) is 1. The number of benzene rings is 1. The van der Waals surface area contributed by atoms with Crippen LogP contribution < -0.4 is 5.56 Å². The number of nitrogens with one attached hydrogen (secondary N) is 1. The molecule has 9 heteroatoms. The first-order valence-electron chi connectivity index (χ1n) is 12.8. The first kappa shape index (κ1) is 24.8. The van der Waals surface area contributed by atoms with Crippen LogP contribution in [0.4, 0.5) is 0 Å². The number of hydrogen-bond acceptors (Lipinski definition) is 7. The molecule has 1 aromatic carbocycles. The fourth-order valence-corrected chi connectivity index (χ4v) is 5.87. The molecule has 1 N–H and O–H groups in total. The Kier molecular flexibility index (Phi) is 7.59. The second-order valence-corrected chi connectivity index (χ2v) is 10.8. The van der Waals surface area contributed by atoms with E-state index in [0.29, 0.717) is 13.1 Å². The van der Waals surface area contributed by atoms with Crippen LogP contribution in [-0.2, 0) is 24.4 Å².